The molecule has 2 N–H and O–H groups in total. The predicted octanol–water partition coefficient (Wildman–Crippen LogP) is 2.70. The molecule has 170 valence electrons. The van der Waals surface area contributed by atoms with E-state index in [1.165, 1.54) is 22.9 Å². The first kappa shape index (κ1) is 22.2. The lowest BCUT2D eigenvalue weighted by Gasteiger charge is -2.37. The average molecular weight is 448 g/mol. The third-order valence-electron chi connectivity index (χ3n) is 5.40. The van der Waals surface area contributed by atoms with E-state index in [0.717, 1.165) is 17.7 Å². The number of allylic oxidation sites excluding steroid dienone is 1. The van der Waals surface area contributed by atoms with E-state index >= 15 is 0 Å². The molecular weight excluding hydrogens is 421 g/mol. The van der Waals surface area contributed by atoms with Gasteiger partial charge in [0.05, 0.1) is 17.6 Å². The highest BCUT2D eigenvalue weighted by molar-refractivity contribution is 5.95. The lowest BCUT2D eigenvalue weighted by atomic mass is 10.2. The predicted molar refractivity (Wildman–Crippen MR) is 128 cm³/mol. The second-order valence-electron chi connectivity index (χ2n) is 7.86. The van der Waals surface area contributed by atoms with Gasteiger partial charge in [0.25, 0.3) is 5.56 Å². The van der Waals surface area contributed by atoms with Crippen molar-refractivity contribution in [3.05, 3.63) is 82.8 Å². The van der Waals surface area contributed by atoms with E-state index in [1.54, 1.807) is 7.05 Å². The van der Waals surface area contributed by atoms with E-state index in [1.807, 2.05) is 48.2 Å². The molecule has 0 aliphatic carbocycles. The van der Waals surface area contributed by atoms with Gasteiger partial charge in [0, 0.05) is 56.8 Å². The number of rotatable bonds is 4. The van der Waals surface area contributed by atoms with E-state index in [4.69, 9.17) is 10.7 Å². The van der Waals surface area contributed by atoms with E-state index < -0.39 is 5.82 Å². The van der Waals surface area contributed by atoms with Crippen molar-refractivity contribution in [1.82, 2.24) is 19.4 Å². The summed E-state index contributed by atoms with van der Waals surface area (Å²) in [5, 5.41) is 0. The van der Waals surface area contributed by atoms with Gasteiger partial charge in [-0.05, 0) is 31.2 Å². The molecule has 2 aromatic heterocycles. The molecule has 3 aromatic rings. The topological polar surface area (TPSA) is 92.6 Å². The number of benzene rings is 1. The summed E-state index contributed by atoms with van der Waals surface area (Å²) in [6.45, 7) is 4.40. The van der Waals surface area contributed by atoms with Crippen molar-refractivity contribution in [2.24, 2.45) is 17.8 Å². The molecule has 3 heterocycles. The van der Waals surface area contributed by atoms with Gasteiger partial charge in [-0.15, -0.1) is 0 Å². The first-order chi connectivity index (χ1) is 15.9. The van der Waals surface area contributed by atoms with Crippen LogP contribution in [0.5, 0.6) is 0 Å². The zero-order valence-electron chi connectivity index (χ0n) is 18.6. The monoisotopic (exact) mass is 447 g/mol. The summed E-state index contributed by atoms with van der Waals surface area (Å²) in [6, 6.07) is 12.6. The van der Waals surface area contributed by atoms with Crippen molar-refractivity contribution >= 4 is 17.5 Å². The Morgan fingerprint density at radius 3 is 2.55 bits per heavy atom. The van der Waals surface area contributed by atoms with Crippen LogP contribution in [0, 0.1) is 5.82 Å². The molecule has 4 rings (SSSR count). The number of hydrogen-bond donors (Lipinski definition) is 1. The molecule has 1 aliphatic rings. The van der Waals surface area contributed by atoms with Crippen molar-refractivity contribution in [2.45, 2.75) is 6.92 Å². The summed E-state index contributed by atoms with van der Waals surface area (Å²) in [5.74, 6) is 0.774. The molecular formula is C24H26FN7O. The van der Waals surface area contributed by atoms with Gasteiger partial charge >= 0.3 is 0 Å². The van der Waals surface area contributed by atoms with Gasteiger partial charge < -0.3 is 15.5 Å². The van der Waals surface area contributed by atoms with Gasteiger partial charge in [-0.25, -0.2) is 14.4 Å². The molecule has 0 spiro atoms. The Balaban J connectivity index is 1.58. The summed E-state index contributed by atoms with van der Waals surface area (Å²) in [6.07, 6.45) is 4.47. The number of anilines is 1. The van der Waals surface area contributed by atoms with Crippen molar-refractivity contribution in [3.63, 3.8) is 0 Å². The van der Waals surface area contributed by atoms with E-state index in [2.05, 4.69) is 14.9 Å². The molecule has 0 atom stereocenters. The molecule has 1 saturated heterocycles. The molecule has 0 radical (unpaired) electrons. The second-order valence-corrected chi connectivity index (χ2v) is 7.86. The Hall–Kier alpha value is -4.01. The van der Waals surface area contributed by atoms with Crippen LogP contribution in [-0.4, -0.2) is 51.4 Å². The van der Waals surface area contributed by atoms with E-state index in [0.29, 0.717) is 43.5 Å². The smallest absolute Gasteiger partial charge is 0.255 e. The fourth-order valence-electron chi connectivity index (χ4n) is 3.70. The molecule has 0 amide bonds. The fourth-order valence-corrected chi connectivity index (χ4v) is 3.70. The molecule has 1 aromatic carbocycles. The minimum absolute atomic E-state index is 0.248. The Morgan fingerprint density at radius 1 is 1.15 bits per heavy atom. The van der Waals surface area contributed by atoms with Crippen LogP contribution in [-0.2, 0) is 7.05 Å². The summed E-state index contributed by atoms with van der Waals surface area (Å²) >= 11 is 0. The normalized spacial score (nSPS) is 15.1. The zero-order valence-corrected chi connectivity index (χ0v) is 18.6. The van der Waals surface area contributed by atoms with Gasteiger partial charge in [0.1, 0.15) is 5.84 Å². The largest absolute Gasteiger partial charge is 0.402 e. The number of nitrogens with two attached hydrogens (primary N) is 1. The maximum atomic E-state index is 14.2. The first-order valence-electron chi connectivity index (χ1n) is 10.7. The molecule has 0 bridgehead atoms. The van der Waals surface area contributed by atoms with Crippen LogP contribution in [0.15, 0.2) is 76.4 Å². The van der Waals surface area contributed by atoms with Gasteiger partial charge in [-0.1, -0.05) is 18.2 Å². The van der Waals surface area contributed by atoms with E-state index in [9.17, 15) is 9.18 Å². The molecule has 9 heteroatoms. The van der Waals surface area contributed by atoms with Crippen molar-refractivity contribution in [3.8, 4) is 11.3 Å². The van der Waals surface area contributed by atoms with Crippen LogP contribution in [0.1, 0.15) is 6.92 Å². The number of aliphatic imine (C=N–C) groups is 1. The molecule has 1 fully saturated rings. The second kappa shape index (κ2) is 9.64. The summed E-state index contributed by atoms with van der Waals surface area (Å²) in [7, 11) is 1.67. The number of pyridine rings is 1. The number of nitrogens with zero attached hydrogens (tertiary/aromatic N) is 6. The van der Waals surface area contributed by atoms with Crippen LogP contribution in [0.4, 0.5) is 16.0 Å². The number of amidine groups is 1. The number of piperazine rings is 1. The number of hydrogen-bond acceptors (Lipinski definition) is 6. The van der Waals surface area contributed by atoms with Crippen LogP contribution in [0.3, 0.4) is 0 Å². The maximum Gasteiger partial charge on any atom is 0.255 e. The zero-order chi connectivity index (χ0) is 23.4. The lowest BCUT2D eigenvalue weighted by molar-refractivity contribution is 0.382. The third-order valence-corrected chi connectivity index (χ3v) is 5.40. The molecule has 1 aliphatic heterocycles. The van der Waals surface area contributed by atoms with Crippen molar-refractivity contribution in [2.75, 3.05) is 31.1 Å². The van der Waals surface area contributed by atoms with Crippen LogP contribution in [0.25, 0.3) is 11.3 Å². The van der Waals surface area contributed by atoms with Gasteiger partial charge in [-0.2, -0.15) is 0 Å². The minimum Gasteiger partial charge on any atom is -0.402 e. The number of halogens is 1. The molecule has 8 nitrogen and oxygen atoms in total. The minimum atomic E-state index is -0.514. The third kappa shape index (κ3) is 5.08. The summed E-state index contributed by atoms with van der Waals surface area (Å²) in [5.41, 5.74) is 7.77. The first-order valence-corrected chi connectivity index (χ1v) is 10.7. The Kier molecular flexibility index (Phi) is 6.48. The van der Waals surface area contributed by atoms with Crippen LogP contribution < -0.4 is 16.2 Å². The quantitative estimate of drug-likeness (QED) is 0.488. The van der Waals surface area contributed by atoms with Gasteiger partial charge in [0.15, 0.2) is 5.82 Å². The Morgan fingerprint density at radius 2 is 1.88 bits per heavy atom. The van der Waals surface area contributed by atoms with Crippen LogP contribution >= 0.6 is 0 Å². The highest BCUT2D eigenvalue weighted by Gasteiger charge is 2.23. The standard InChI is InChI=1S/C24H26FN7O/c1-17(26)14-22(28-18-6-4-3-5-7-18)31-10-12-32(13-11-31)24-29-21(15-23(33)30(24)2)19-8-9-27-16-20(19)25/h3-9,14-16H,10-13,26H2,1-2H3. The maximum absolute atomic E-state index is 14.2. The molecule has 0 saturated carbocycles. The summed E-state index contributed by atoms with van der Waals surface area (Å²) < 4.78 is 15.7. The Bertz CT molecular complexity index is 1240. The van der Waals surface area contributed by atoms with Gasteiger partial charge in [0.2, 0.25) is 5.95 Å². The highest BCUT2D eigenvalue weighted by Crippen LogP contribution is 2.22. The number of aromatic nitrogens is 3. The molecule has 0 unspecified atom stereocenters. The highest BCUT2D eigenvalue weighted by atomic mass is 19.1. The average Bonchev–Trinajstić information content (AvgIpc) is 2.81. The molecule has 33 heavy (non-hydrogen) atoms. The van der Waals surface area contributed by atoms with Gasteiger partial charge in [-0.3, -0.25) is 14.3 Å². The SMILES string of the molecule is CC(N)=CC(=Nc1ccccc1)N1CCN(c2nc(-c3ccncc3F)cc(=O)n2C)CC1. The van der Waals surface area contributed by atoms with Crippen molar-refractivity contribution < 1.29 is 4.39 Å². The lowest BCUT2D eigenvalue weighted by Crippen LogP contribution is -2.50. The van der Waals surface area contributed by atoms with E-state index in [-0.39, 0.29) is 11.1 Å². The fraction of sp³-hybridized carbons (Fsp3) is 0.250. The Labute approximate surface area is 191 Å². The van der Waals surface area contributed by atoms with Crippen LogP contribution in [0.2, 0.25) is 0 Å². The van der Waals surface area contributed by atoms with Crippen molar-refractivity contribution in [1.29, 1.82) is 0 Å². The summed E-state index contributed by atoms with van der Waals surface area (Å²) in [4.78, 5) is 29.9. The number of para-hydroxylation sites is 1.